The molecule has 2 fully saturated rings. The predicted molar refractivity (Wildman–Crippen MR) is 62.4 cm³/mol. The molecule has 87 valence electrons. The molecule has 0 aromatic carbocycles. The standard InChI is InChI=1S/C12H25N3/c1-13-15(10-4-3-5-11-15)12-6-8-14(2)9-7-12/h12H,3-11H2,1-2H3/q+1. The topological polar surface area (TPSA) is 17.3 Å². The van der Waals surface area contributed by atoms with Crippen LogP contribution in [0.15, 0.2) is 0 Å². The summed E-state index contributed by atoms with van der Waals surface area (Å²) in [6.45, 7) is 5.12. The summed E-state index contributed by atoms with van der Waals surface area (Å²) >= 11 is 0. The molecule has 0 bridgehead atoms. The van der Waals surface area contributed by atoms with Gasteiger partial charge in [0.2, 0.25) is 0 Å². The van der Waals surface area contributed by atoms with Crippen molar-refractivity contribution >= 4 is 0 Å². The van der Waals surface area contributed by atoms with Crippen LogP contribution in [-0.2, 0) is 0 Å². The molecule has 1 radical (unpaired) electrons. The molecule has 0 amide bonds. The van der Waals surface area contributed by atoms with E-state index < -0.39 is 0 Å². The number of rotatable bonds is 2. The molecule has 0 atom stereocenters. The maximum Gasteiger partial charge on any atom is 0.110 e. The van der Waals surface area contributed by atoms with Gasteiger partial charge in [0.25, 0.3) is 0 Å². The SMILES string of the molecule is C[N][N+]1(C2CCN(C)CC2)CCCCC1. The van der Waals surface area contributed by atoms with Gasteiger partial charge in [0.1, 0.15) is 6.04 Å². The fourth-order valence-electron chi connectivity index (χ4n) is 3.26. The van der Waals surface area contributed by atoms with Crippen LogP contribution < -0.4 is 5.43 Å². The lowest BCUT2D eigenvalue weighted by Crippen LogP contribution is -2.63. The Morgan fingerprint density at radius 1 is 1.07 bits per heavy atom. The molecule has 0 N–H and O–H groups in total. The van der Waals surface area contributed by atoms with E-state index in [1.165, 1.54) is 58.3 Å². The monoisotopic (exact) mass is 211 g/mol. The zero-order valence-corrected chi connectivity index (χ0v) is 10.3. The summed E-state index contributed by atoms with van der Waals surface area (Å²) in [6, 6.07) is 0.812. The van der Waals surface area contributed by atoms with Crippen LogP contribution in [0.2, 0.25) is 0 Å². The molecule has 0 aliphatic carbocycles. The summed E-state index contributed by atoms with van der Waals surface area (Å²) in [7, 11) is 4.27. The lowest BCUT2D eigenvalue weighted by Gasteiger charge is -2.46. The summed E-state index contributed by atoms with van der Waals surface area (Å²) in [5.41, 5.74) is 4.75. The molecule has 3 nitrogen and oxygen atoms in total. The van der Waals surface area contributed by atoms with Crippen LogP contribution in [0.5, 0.6) is 0 Å². The highest BCUT2D eigenvalue weighted by Gasteiger charge is 2.40. The van der Waals surface area contributed by atoms with Crippen molar-refractivity contribution in [2.75, 3.05) is 40.3 Å². The maximum atomic E-state index is 4.75. The van der Waals surface area contributed by atoms with E-state index in [1.54, 1.807) is 0 Å². The molecule has 0 aromatic rings. The van der Waals surface area contributed by atoms with Gasteiger partial charge in [0.05, 0.1) is 20.1 Å². The first kappa shape index (κ1) is 11.4. The van der Waals surface area contributed by atoms with Crippen LogP contribution in [-0.4, -0.2) is 55.8 Å². The lowest BCUT2D eigenvalue weighted by molar-refractivity contribution is -0.997. The van der Waals surface area contributed by atoms with E-state index in [-0.39, 0.29) is 0 Å². The van der Waals surface area contributed by atoms with Crippen LogP contribution in [0.1, 0.15) is 32.1 Å². The van der Waals surface area contributed by atoms with Crippen molar-refractivity contribution in [2.45, 2.75) is 38.1 Å². The zero-order chi connectivity index (χ0) is 10.7. The number of piperidine rings is 2. The van der Waals surface area contributed by atoms with Gasteiger partial charge >= 0.3 is 0 Å². The summed E-state index contributed by atoms with van der Waals surface area (Å²) in [5.74, 6) is 0. The minimum absolute atomic E-state index is 0.812. The zero-order valence-electron chi connectivity index (χ0n) is 10.3. The first-order chi connectivity index (χ1) is 7.27. The van der Waals surface area contributed by atoms with Gasteiger partial charge in [0, 0.05) is 25.9 Å². The van der Waals surface area contributed by atoms with Gasteiger partial charge in [0.15, 0.2) is 0 Å². The quantitative estimate of drug-likeness (QED) is 0.628. The van der Waals surface area contributed by atoms with Crippen molar-refractivity contribution in [3.05, 3.63) is 0 Å². The molecule has 2 rings (SSSR count). The largest absolute Gasteiger partial charge is 0.306 e. The molecule has 2 saturated heterocycles. The van der Waals surface area contributed by atoms with Gasteiger partial charge in [-0.1, -0.05) is 0 Å². The van der Waals surface area contributed by atoms with Crippen molar-refractivity contribution in [3.8, 4) is 0 Å². The van der Waals surface area contributed by atoms with E-state index in [1.807, 2.05) is 7.05 Å². The van der Waals surface area contributed by atoms with Crippen molar-refractivity contribution in [1.29, 1.82) is 0 Å². The van der Waals surface area contributed by atoms with Crippen LogP contribution in [0.25, 0.3) is 0 Å². The molecular formula is C12H25N3+. The van der Waals surface area contributed by atoms with E-state index in [4.69, 9.17) is 5.43 Å². The van der Waals surface area contributed by atoms with Crippen molar-refractivity contribution in [3.63, 3.8) is 0 Å². The van der Waals surface area contributed by atoms with Crippen LogP contribution in [0.3, 0.4) is 0 Å². The second-order valence-corrected chi connectivity index (χ2v) is 5.23. The Bertz CT molecular complexity index is 191. The number of quaternary nitrogens is 1. The number of likely N-dealkylation sites (tertiary alicyclic amines) is 2. The highest BCUT2D eigenvalue weighted by molar-refractivity contribution is 4.72. The molecule has 0 aromatic heterocycles. The third kappa shape index (κ3) is 2.35. The number of hydrogen-bond donors (Lipinski definition) is 0. The molecule has 2 aliphatic heterocycles. The van der Waals surface area contributed by atoms with E-state index in [9.17, 15) is 0 Å². The highest BCUT2D eigenvalue weighted by Crippen LogP contribution is 2.27. The average molecular weight is 211 g/mol. The molecule has 2 heterocycles. The van der Waals surface area contributed by atoms with Gasteiger partial charge in [-0.2, -0.15) is 0 Å². The minimum Gasteiger partial charge on any atom is -0.306 e. The van der Waals surface area contributed by atoms with Crippen molar-refractivity contribution in [2.24, 2.45) is 0 Å². The maximum absolute atomic E-state index is 4.75. The Morgan fingerprint density at radius 3 is 2.20 bits per heavy atom. The fourth-order valence-corrected chi connectivity index (χ4v) is 3.26. The van der Waals surface area contributed by atoms with E-state index in [0.29, 0.717) is 0 Å². The predicted octanol–water partition coefficient (Wildman–Crippen LogP) is 1.23. The Morgan fingerprint density at radius 2 is 1.67 bits per heavy atom. The second-order valence-electron chi connectivity index (χ2n) is 5.23. The van der Waals surface area contributed by atoms with Gasteiger partial charge in [-0.15, -0.1) is 0 Å². The average Bonchev–Trinajstić information content (AvgIpc) is 2.31. The van der Waals surface area contributed by atoms with Gasteiger partial charge < -0.3 is 4.90 Å². The van der Waals surface area contributed by atoms with E-state index in [0.717, 1.165) is 10.6 Å². The number of nitrogens with zero attached hydrogens (tertiary/aromatic N) is 3. The van der Waals surface area contributed by atoms with E-state index >= 15 is 0 Å². The molecule has 2 aliphatic rings. The molecule has 0 spiro atoms. The van der Waals surface area contributed by atoms with Crippen molar-refractivity contribution < 1.29 is 4.59 Å². The summed E-state index contributed by atoms with van der Waals surface area (Å²) in [5, 5.41) is 0. The summed E-state index contributed by atoms with van der Waals surface area (Å²) in [4.78, 5) is 2.45. The Hall–Kier alpha value is -0.120. The molecule has 15 heavy (non-hydrogen) atoms. The second kappa shape index (κ2) is 4.81. The Kier molecular flexibility index (Phi) is 3.65. The Balaban J connectivity index is 1.98. The smallest absolute Gasteiger partial charge is 0.110 e. The van der Waals surface area contributed by atoms with Crippen LogP contribution in [0, 0.1) is 0 Å². The van der Waals surface area contributed by atoms with Crippen LogP contribution >= 0.6 is 0 Å². The van der Waals surface area contributed by atoms with Crippen LogP contribution in [0.4, 0.5) is 0 Å². The molecule has 0 saturated carbocycles. The molecule has 3 heteroatoms. The van der Waals surface area contributed by atoms with Gasteiger partial charge in [-0.05, 0) is 31.7 Å². The summed E-state index contributed by atoms with van der Waals surface area (Å²) in [6.07, 6.45) is 6.86. The fraction of sp³-hybridized carbons (Fsp3) is 1.00. The third-order valence-electron chi connectivity index (χ3n) is 4.36. The minimum atomic E-state index is 0.812. The van der Waals surface area contributed by atoms with Gasteiger partial charge in [-0.25, -0.2) is 4.59 Å². The lowest BCUT2D eigenvalue weighted by atomic mass is 9.99. The molecule has 0 unspecified atom stereocenters. The first-order valence-corrected chi connectivity index (χ1v) is 6.43. The Labute approximate surface area is 94.0 Å². The third-order valence-corrected chi connectivity index (χ3v) is 4.36. The van der Waals surface area contributed by atoms with Gasteiger partial charge in [-0.3, -0.25) is 0 Å². The van der Waals surface area contributed by atoms with E-state index in [2.05, 4.69) is 11.9 Å². The van der Waals surface area contributed by atoms with Crippen molar-refractivity contribution in [1.82, 2.24) is 10.3 Å². The number of hydrogen-bond acceptors (Lipinski definition) is 1. The highest BCUT2D eigenvalue weighted by atomic mass is 15.7. The normalized spacial score (nSPS) is 29.2. The summed E-state index contributed by atoms with van der Waals surface area (Å²) < 4.78 is 1.08. The first-order valence-electron chi connectivity index (χ1n) is 6.43. The molecular weight excluding hydrogens is 186 g/mol.